The van der Waals surface area contributed by atoms with E-state index in [1.165, 1.54) is 212 Å². The van der Waals surface area contributed by atoms with Crippen LogP contribution in [-0.2, 0) is 14.3 Å². The van der Waals surface area contributed by atoms with E-state index in [1.807, 2.05) is 0 Å². The van der Waals surface area contributed by atoms with Gasteiger partial charge in [0.1, 0.15) is 24.4 Å². The molecule has 77 heavy (non-hydrogen) atoms. The summed E-state index contributed by atoms with van der Waals surface area (Å²) in [5.41, 5.74) is 0. The number of aliphatic hydroxyl groups excluding tert-OH is 5. The van der Waals surface area contributed by atoms with Gasteiger partial charge in [-0.15, -0.1) is 0 Å². The second-order valence-electron chi connectivity index (χ2n) is 22.9. The topological polar surface area (TPSA) is 149 Å². The van der Waals surface area contributed by atoms with Gasteiger partial charge in [0, 0.05) is 6.42 Å². The minimum Gasteiger partial charge on any atom is -0.394 e. The van der Waals surface area contributed by atoms with Crippen LogP contribution in [0.1, 0.15) is 309 Å². The van der Waals surface area contributed by atoms with Crippen molar-refractivity contribution in [2.24, 2.45) is 0 Å². The van der Waals surface area contributed by atoms with Crippen LogP contribution in [0, 0.1) is 0 Å². The molecule has 0 radical (unpaired) electrons. The van der Waals surface area contributed by atoms with Crippen LogP contribution in [0.3, 0.4) is 0 Å². The van der Waals surface area contributed by atoms with Crippen LogP contribution < -0.4 is 5.32 Å². The summed E-state index contributed by atoms with van der Waals surface area (Å²) in [6, 6.07) is -0.722. The molecule has 0 aromatic carbocycles. The standard InChI is InChI=1S/C68H125NO8/c1-3-5-7-9-11-13-15-17-19-21-23-25-27-28-29-30-31-32-33-34-36-38-40-42-44-46-48-50-52-54-56-58-64(72)69-61(60-76-68-67(75)66(74)65(73)63(59-70)77-68)62(71)57-55-53-51-49-47-45-43-41-39-37-35-26-24-22-20-18-16-14-12-10-8-6-4-2/h5,7,11,13,17,19,23,25,28-29,61-63,65-68,70-71,73-75H,3-4,6,8-10,12,14-16,18,20-22,24,26-27,30-60H2,1-2H3,(H,69,72)/b7-5-,13-11-,19-17-,25-23-,29-28-. The maximum atomic E-state index is 13.1. The SMILES string of the molecule is CC/C=C\C/C=C\C/C=C\C/C=C\C/C=C\CCCCCCCCCCCCCCCCCC(=O)NC(COC1OC(CO)C(O)C(O)C1O)C(O)CCCCCCCCCCCCCCCCCCCCCCCCC. The predicted molar refractivity (Wildman–Crippen MR) is 327 cm³/mol. The van der Waals surface area contributed by atoms with Gasteiger partial charge in [-0.3, -0.25) is 4.79 Å². The summed E-state index contributed by atoms with van der Waals surface area (Å²) in [4.78, 5) is 13.1. The number of carbonyl (C=O) groups excluding carboxylic acids is 1. The van der Waals surface area contributed by atoms with Gasteiger partial charge < -0.3 is 40.3 Å². The summed E-state index contributed by atoms with van der Waals surface area (Å²) in [6.07, 6.45) is 71.2. The third-order valence-electron chi connectivity index (χ3n) is 15.6. The Hall–Kier alpha value is -2.11. The van der Waals surface area contributed by atoms with Crippen molar-refractivity contribution in [2.75, 3.05) is 13.2 Å². The molecule has 450 valence electrons. The lowest BCUT2D eigenvalue weighted by molar-refractivity contribution is -0.302. The number of rotatable bonds is 57. The molecule has 0 aromatic rings. The van der Waals surface area contributed by atoms with E-state index >= 15 is 0 Å². The van der Waals surface area contributed by atoms with Gasteiger partial charge in [-0.1, -0.05) is 306 Å². The first-order valence-corrected chi connectivity index (χ1v) is 33.0. The number of aliphatic hydroxyl groups is 5. The number of unbranched alkanes of at least 4 members (excludes halogenated alkanes) is 37. The van der Waals surface area contributed by atoms with Crippen LogP contribution in [0.25, 0.3) is 0 Å². The highest BCUT2D eigenvalue weighted by atomic mass is 16.7. The zero-order valence-corrected chi connectivity index (χ0v) is 50.2. The highest BCUT2D eigenvalue weighted by molar-refractivity contribution is 5.76. The second-order valence-corrected chi connectivity index (χ2v) is 22.9. The van der Waals surface area contributed by atoms with Gasteiger partial charge >= 0.3 is 0 Å². The molecule has 1 heterocycles. The molecule has 0 aromatic heterocycles. The maximum Gasteiger partial charge on any atom is 0.220 e. The third-order valence-corrected chi connectivity index (χ3v) is 15.6. The lowest BCUT2D eigenvalue weighted by Crippen LogP contribution is -2.60. The van der Waals surface area contributed by atoms with Crippen molar-refractivity contribution >= 4 is 5.91 Å². The summed E-state index contributed by atoms with van der Waals surface area (Å²) in [5.74, 6) is -0.142. The molecule has 7 unspecified atom stereocenters. The van der Waals surface area contributed by atoms with Crippen LogP contribution in [0.15, 0.2) is 60.8 Å². The van der Waals surface area contributed by atoms with Crippen LogP contribution >= 0.6 is 0 Å². The molecule has 1 amide bonds. The Kier molecular flexibility index (Phi) is 54.1. The van der Waals surface area contributed by atoms with Crippen molar-refractivity contribution in [3.8, 4) is 0 Å². The van der Waals surface area contributed by atoms with E-state index in [0.29, 0.717) is 12.8 Å². The first-order chi connectivity index (χ1) is 37.8. The zero-order chi connectivity index (χ0) is 55.8. The number of amides is 1. The summed E-state index contributed by atoms with van der Waals surface area (Å²) in [7, 11) is 0. The summed E-state index contributed by atoms with van der Waals surface area (Å²) in [5, 5.41) is 54.9. The number of nitrogens with one attached hydrogen (secondary N) is 1. The summed E-state index contributed by atoms with van der Waals surface area (Å²) < 4.78 is 11.4. The average molecular weight is 1080 g/mol. The van der Waals surface area contributed by atoms with Gasteiger partial charge in [-0.25, -0.2) is 0 Å². The smallest absolute Gasteiger partial charge is 0.220 e. The Morgan fingerprint density at radius 2 is 0.805 bits per heavy atom. The average Bonchev–Trinajstić information content (AvgIpc) is 3.43. The molecular formula is C68H125NO8. The van der Waals surface area contributed by atoms with E-state index in [1.54, 1.807) is 0 Å². The number of allylic oxidation sites excluding steroid dienone is 10. The first-order valence-electron chi connectivity index (χ1n) is 33.0. The van der Waals surface area contributed by atoms with E-state index in [0.717, 1.165) is 70.6 Å². The number of carbonyl (C=O) groups is 1. The molecule has 1 aliphatic rings. The molecule has 1 fully saturated rings. The second kappa shape index (κ2) is 57.1. The lowest BCUT2D eigenvalue weighted by atomic mass is 9.99. The van der Waals surface area contributed by atoms with Crippen molar-refractivity contribution in [1.29, 1.82) is 0 Å². The fourth-order valence-corrected chi connectivity index (χ4v) is 10.5. The zero-order valence-electron chi connectivity index (χ0n) is 50.2. The molecule has 1 rings (SSSR count). The lowest BCUT2D eigenvalue weighted by Gasteiger charge is -2.40. The van der Waals surface area contributed by atoms with E-state index in [4.69, 9.17) is 9.47 Å². The Bertz CT molecular complexity index is 1400. The monoisotopic (exact) mass is 1080 g/mol. The van der Waals surface area contributed by atoms with E-state index in [-0.39, 0.29) is 12.5 Å². The van der Waals surface area contributed by atoms with Crippen molar-refractivity contribution in [3.63, 3.8) is 0 Å². The van der Waals surface area contributed by atoms with Gasteiger partial charge in [0.25, 0.3) is 0 Å². The Morgan fingerprint density at radius 3 is 1.19 bits per heavy atom. The highest BCUT2D eigenvalue weighted by Gasteiger charge is 2.44. The fourth-order valence-electron chi connectivity index (χ4n) is 10.5. The minimum absolute atomic E-state index is 0.137. The summed E-state index contributed by atoms with van der Waals surface area (Å²) >= 11 is 0. The molecule has 9 heteroatoms. The van der Waals surface area contributed by atoms with Crippen molar-refractivity contribution < 1.29 is 39.8 Å². The molecular weight excluding hydrogens is 959 g/mol. The molecule has 1 saturated heterocycles. The fraction of sp³-hybridized carbons (Fsp3) is 0.838. The van der Waals surface area contributed by atoms with E-state index in [2.05, 4.69) is 79.9 Å². The largest absolute Gasteiger partial charge is 0.394 e. The van der Waals surface area contributed by atoms with E-state index in [9.17, 15) is 30.3 Å². The molecule has 0 bridgehead atoms. The molecule has 0 spiro atoms. The number of hydrogen-bond acceptors (Lipinski definition) is 8. The molecule has 1 aliphatic heterocycles. The van der Waals surface area contributed by atoms with Crippen molar-refractivity contribution in [2.45, 2.75) is 352 Å². The number of ether oxygens (including phenoxy) is 2. The molecule has 9 nitrogen and oxygen atoms in total. The van der Waals surface area contributed by atoms with Gasteiger partial charge in [0.15, 0.2) is 6.29 Å². The van der Waals surface area contributed by atoms with E-state index < -0.39 is 49.5 Å². The van der Waals surface area contributed by atoms with Crippen LogP contribution in [0.4, 0.5) is 0 Å². The van der Waals surface area contributed by atoms with Crippen LogP contribution in [-0.4, -0.2) is 87.5 Å². The highest BCUT2D eigenvalue weighted by Crippen LogP contribution is 2.23. The normalized spacial score (nSPS) is 19.1. The van der Waals surface area contributed by atoms with Gasteiger partial charge in [0.05, 0.1) is 25.4 Å². The van der Waals surface area contributed by atoms with Crippen LogP contribution in [0.2, 0.25) is 0 Å². The van der Waals surface area contributed by atoms with Crippen molar-refractivity contribution in [3.05, 3.63) is 60.8 Å². The quantitative estimate of drug-likeness (QED) is 0.0261. The number of hydrogen-bond donors (Lipinski definition) is 6. The van der Waals surface area contributed by atoms with Gasteiger partial charge in [-0.2, -0.15) is 0 Å². The maximum absolute atomic E-state index is 13.1. The Balaban J connectivity index is 2.13. The third kappa shape index (κ3) is 46.2. The van der Waals surface area contributed by atoms with Crippen molar-refractivity contribution in [1.82, 2.24) is 5.32 Å². The van der Waals surface area contributed by atoms with Gasteiger partial charge in [-0.05, 0) is 57.8 Å². The molecule has 6 N–H and O–H groups in total. The minimum atomic E-state index is -1.56. The molecule has 0 saturated carbocycles. The predicted octanol–water partition coefficient (Wildman–Crippen LogP) is 17.4. The van der Waals surface area contributed by atoms with Gasteiger partial charge in [0.2, 0.25) is 5.91 Å². The van der Waals surface area contributed by atoms with Crippen LogP contribution in [0.5, 0.6) is 0 Å². The Labute approximate surface area is 475 Å². The first kappa shape index (κ1) is 72.9. The molecule has 0 aliphatic carbocycles. The molecule has 7 atom stereocenters. The summed E-state index contributed by atoms with van der Waals surface area (Å²) in [6.45, 7) is 3.76. The Morgan fingerprint density at radius 1 is 0.455 bits per heavy atom.